The highest BCUT2D eigenvalue weighted by molar-refractivity contribution is 6.19. The monoisotopic (exact) mass is 800 g/mol. The van der Waals surface area contributed by atoms with Crippen LogP contribution in [0, 0.1) is 6.92 Å². The van der Waals surface area contributed by atoms with E-state index in [4.69, 9.17) is 10.2 Å². The molecule has 62 heavy (non-hydrogen) atoms. The Morgan fingerprint density at radius 1 is 0.468 bits per heavy atom. The molecule has 2 N–H and O–H groups in total. The number of nitrogens with zero attached hydrogens (tertiary/aromatic N) is 1. The second-order valence-electron chi connectivity index (χ2n) is 16.9. The fraction of sp³-hybridized carbons (Fsp3) is 0.102. The van der Waals surface area contributed by atoms with Gasteiger partial charge in [-0.25, -0.2) is 0 Å². The van der Waals surface area contributed by atoms with Gasteiger partial charge >= 0.3 is 0 Å². The smallest absolute Gasteiger partial charge is 0.136 e. The summed E-state index contributed by atoms with van der Waals surface area (Å²) in [6, 6.07) is 67.0. The van der Waals surface area contributed by atoms with Crippen molar-refractivity contribution in [2.75, 3.05) is 0 Å². The van der Waals surface area contributed by atoms with Gasteiger partial charge in [0.05, 0.1) is 6.54 Å². The molecule has 0 aliphatic heterocycles. The van der Waals surface area contributed by atoms with Gasteiger partial charge in [0.2, 0.25) is 0 Å². The molecule has 1 heterocycles. The molecule has 0 saturated heterocycles. The minimum atomic E-state index is 0.0944. The Bertz CT molecular complexity index is 3290. The highest BCUT2D eigenvalue weighted by atomic mass is 16.3. The van der Waals surface area contributed by atoms with E-state index < -0.39 is 0 Å². The highest BCUT2D eigenvalue weighted by Gasteiger charge is 2.35. The third kappa shape index (κ3) is 6.72. The first kappa shape index (κ1) is 38.8. The summed E-state index contributed by atoms with van der Waals surface area (Å²) in [5.74, 6) is 0. The molecule has 2 aliphatic carbocycles. The van der Waals surface area contributed by atoms with Crippen LogP contribution in [-0.4, -0.2) is 6.72 Å². The molecule has 10 aromatic rings. The summed E-state index contributed by atoms with van der Waals surface area (Å²) >= 11 is 0. The van der Waals surface area contributed by atoms with Gasteiger partial charge in [0.25, 0.3) is 0 Å². The summed E-state index contributed by atoms with van der Waals surface area (Å²) in [5, 5.41) is 4.91. The van der Waals surface area contributed by atoms with E-state index in [0.717, 1.165) is 33.1 Å². The van der Waals surface area contributed by atoms with Crippen LogP contribution in [0.1, 0.15) is 41.7 Å². The van der Waals surface area contributed by atoms with E-state index in [0.29, 0.717) is 13.1 Å². The van der Waals surface area contributed by atoms with Crippen molar-refractivity contribution in [2.24, 2.45) is 10.7 Å². The maximum absolute atomic E-state index is 6.33. The van der Waals surface area contributed by atoms with Gasteiger partial charge in [0.15, 0.2) is 0 Å². The molecule has 3 heteroatoms. The predicted octanol–water partition coefficient (Wildman–Crippen LogP) is 15.4. The predicted molar refractivity (Wildman–Crippen MR) is 263 cm³/mol. The number of hydrogen-bond donors (Lipinski definition) is 1. The second kappa shape index (κ2) is 15.9. The molecule has 0 bridgehead atoms. The maximum atomic E-state index is 6.33. The molecular formula is C59H48N2O. The molecule has 0 spiro atoms. The van der Waals surface area contributed by atoms with Gasteiger partial charge in [0.1, 0.15) is 11.2 Å². The molecule has 3 nitrogen and oxygen atoms in total. The summed E-state index contributed by atoms with van der Waals surface area (Å²) in [4.78, 5) is 4.07. The Kier molecular flexibility index (Phi) is 9.98. The first-order valence-electron chi connectivity index (χ1n) is 21.4. The Balaban J connectivity index is 0.000000156. The molecule has 300 valence electrons. The SMILES string of the molecule is C=NCc1cccc(-c2cccc3oc4ccc(-c5ccc6c7c(cccc57)-c5ccccc5-6)cc4c23)c1.CC1(C)c2ccccc2-c2ccc(CN)cc21.Cc1ccccc1. The number of furan rings is 1. The van der Waals surface area contributed by atoms with Crippen LogP contribution in [0.25, 0.3) is 88.3 Å². The van der Waals surface area contributed by atoms with Crippen molar-refractivity contribution < 1.29 is 4.42 Å². The van der Waals surface area contributed by atoms with E-state index in [1.54, 1.807) is 0 Å². The van der Waals surface area contributed by atoms with E-state index in [-0.39, 0.29) is 5.41 Å². The Morgan fingerprint density at radius 3 is 1.85 bits per heavy atom. The summed E-state index contributed by atoms with van der Waals surface area (Å²) in [5.41, 5.74) is 26.9. The Hall–Kier alpha value is -7.33. The summed E-state index contributed by atoms with van der Waals surface area (Å²) in [7, 11) is 0. The van der Waals surface area contributed by atoms with E-state index in [2.05, 4.69) is 202 Å². The van der Waals surface area contributed by atoms with Crippen molar-refractivity contribution in [1.82, 2.24) is 0 Å². The zero-order valence-electron chi connectivity index (χ0n) is 35.5. The van der Waals surface area contributed by atoms with Crippen LogP contribution in [0.5, 0.6) is 0 Å². The van der Waals surface area contributed by atoms with Crippen molar-refractivity contribution in [1.29, 1.82) is 0 Å². The lowest BCUT2D eigenvalue weighted by atomic mass is 9.82. The quantitative estimate of drug-likeness (QED) is 0.176. The molecule has 0 amide bonds. The van der Waals surface area contributed by atoms with Crippen LogP contribution >= 0.6 is 0 Å². The number of rotatable bonds is 5. The van der Waals surface area contributed by atoms with Gasteiger partial charge in [0, 0.05) is 22.7 Å². The number of benzene rings is 9. The summed E-state index contributed by atoms with van der Waals surface area (Å²) in [6.45, 7) is 11.5. The number of aryl methyl sites for hydroxylation is 1. The van der Waals surface area contributed by atoms with Crippen LogP contribution < -0.4 is 5.73 Å². The van der Waals surface area contributed by atoms with E-state index in [9.17, 15) is 0 Å². The topological polar surface area (TPSA) is 51.5 Å². The zero-order valence-corrected chi connectivity index (χ0v) is 35.5. The fourth-order valence-electron chi connectivity index (χ4n) is 9.67. The average molecular weight is 801 g/mol. The Morgan fingerprint density at radius 2 is 1.10 bits per heavy atom. The molecule has 12 rings (SSSR count). The fourth-order valence-corrected chi connectivity index (χ4v) is 9.67. The van der Waals surface area contributed by atoms with Crippen molar-refractivity contribution in [3.05, 3.63) is 216 Å². The van der Waals surface area contributed by atoms with Crippen LogP contribution in [0.15, 0.2) is 197 Å². The van der Waals surface area contributed by atoms with Gasteiger partial charge in [-0.15, -0.1) is 0 Å². The number of hydrogen-bond acceptors (Lipinski definition) is 3. The third-order valence-corrected chi connectivity index (χ3v) is 12.7. The number of fused-ring (bicyclic) bond motifs is 9. The molecular weight excluding hydrogens is 753 g/mol. The summed E-state index contributed by atoms with van der Waals surface area (Å²) in [6.07, 6.45) is 0. The normalized spacial score (nSPS) is 12.5. The first-order chi connectivity index (χ1) is 30.3. The average Bonchev–Trinajstić information content (AvgIpc) is 3.93. The lowest BCUT2D eigenvalue weighted by Gasteiger charge is -2.21. The molecule has 9 aromatic carbocycles. The largest absolute Gasteiger partial charge is 0.456 e. The lowest BCUT2D eigenvalue weighted by Crippen LogP contribution is -2.15. The van der Waals surface area contributed by atoms with Crippen LogP contribution in [0.4, 0.5) is 0 Å². The van der Waals surface area contributed by atoms with E-state index >= 15 is 0 Å². The lowest BCUT2D eigenvalue weighted by molar-refractivity contribution is 0.659. The van der Waals surface area contributed by atoms with Gasteiger partial charge < -0.3 is 10.2 Å². The minimum Gasteiger partial charge on any atom is -0.456 e. The van der Waals surface area contributed by atoms with Crippen molar-refractivity contribution in [3.8, 4) is 55.6 Å². The van der Waals surface area contributed by atoms with E-state index in [1.165, 1.54) is 83.1 Å². The number of aliphatic imine (C=N–C) groups is 1. The van der Waals surface area contributed by atoms with Crippen molar-refractivity contribution in [2.45, 2.75) is 39.3 Å². The van der Waals surface area contributed by atoms with Gasteiger partial charge in [-0.3, -0.25) is 4.99 Å². The zero-order chi connectivity index (χ0) is 42.4. The van der Waals surface area contributed by atoms with Gasteiger partial charge in [-0.05, 0) is 127 Å². The molecule has 0 unspecified atom stereocenters. The van der Waals surface area contributed by atoms with Gasteiger partial charge in [-0.2, -0.15) is 0 Å². The first-order valence-corrected chi connectivity index (χ1v) is 21.4. The molecule has 2 aliphatic rings. The molecule has 1 aromatic heterocycles. The van der Waals surface area contributed by atoms with Crippen LogP contribution in [0.3, 0.4) is 0 Å². The van der Waals surface area contributed by atoms with E-state index in [1.807, 2.05) is 18.2 Å². The van der Waals surface area contributed by atoms with Crippen molar-refractivity contribution in [3.63, 3.8) is 0 Å². The second-order valence-corrected chi connectivity index (χ2v) is 16.9. The van der Waals surface area contributed by atoms with Crippen molar-refractivity contribution >= 4 is 39.4 Å². The van der Waals surface area contributed by atoms with Crippen LogP contribution in [-0.2, 0) is 18.5 Å². The van der Waals surface area contributed by atoms with Gasteiger partial charge in [-0.1, -0.05) is 183 Å². The molecule has 0 radical (unpaired) electrons. The molecule has 0 saturated carbocycles. The van der Waals surface area contributed by atoms with Crippen LogP contribution in [0.2, 0.25) is 0 Å². The number of nitrogens with two attached hydrogens (primary N) is 1. The minimum absolute atomic E-state index is 0.0944. The highest BCUT2D eigenvalue weighted by Crippen LogP contribution is 2.50. The molecule has 0 atom stereocenters. The maximum Gasteiger partial charge on any atom is 0.136 e. The third-order valence-electron chi connectivity index (χ3n) is 12.7. The standard InChI is InChI=1S/C36H23NO.C16H17N.C7H8/c1-37-21-22-7-4-8-23(19-22)26-11-6-14-34-36(26)32-20-24(15-18-33(32)38-34)25-16-17-31-28-10-3-2-9-27(28)30-13-5-12-29(25)35(30)31;1-16(2)14-6-4-3-5-12(14)13-8-7-11(10-17)9-15(13)16;1-7-5-3-2-4-6-7/h2-20H,1,21H2;3-9H,10,17H2,1-2H3;2-6H,1H3. The Labute approximate surface area is 363 Å². The summed E-state index contributed by atoms with van der Waals surface area (Å²) < 4.78 is 6.33. The molecule has 0 fully saturated rings.